The maximum Gasteiger partial charge on any atom is 0.387 e. The van der Waals surface area contributed by atoms with Crippen LogP contribution in [0.25, 0.3) is 0 Å². The number of esters is 1. The smallest absolute Gasteiger partial charge is 0.387 e. The maximum atomic E-state index is 12.6. The van der Waals surface area contributed by atoms with Crippen molar-refractivity contribution >= 4 is 22.2 Å². The van der Waals surface area contributed by atoms with E-state index in [0.717, 1.165) is 0 Å². The van der Waals surface area contributed by atoms with Gasteiger partial charge >= 0.3 is 22.2 Å². The summed E-state index contributed by atoms with van der Waals surface area (Å²) in [5.74, 6) is -1.37. The van der Waals surface area contributed by atoms with Crippen LogP contribution >= 0.6 is 0 Å². The summed E-state index contributed by atoms with van der Waals surface area (Å²) >= 11 is 0. The van der Waals surface area contributed by atoms with Crippen LogP contribution in [0.1, 0.15) is 53.4 Å². The average molecular weight is 458 g/mol. The summed E-state index contributed by atoms with van der Waals surface area (Å²) in [5, 5.41) is 0. The molecule has 0 saturated carbocycles. The van der Waals surface area contributed by atoms with Gasteiger partial charge in [0, 0.05) is 25.8 Å². The molecule has 2 aliphatic heterocycles. The molecule has 176 valence electrons. The first-order valence-electron chi connectivity index (χ1n) is 10.9. The second-order valence-electron chi connectivity index (χ2n) is 9.04. The van der Waals surface area contributed by atoms with Crippen LogP contribution in [0.3, 0.4) is 0 Å². The number of rotatable bonds is 7. The Balaban J connectivity index is 1.83. The fraction of sp³-hybridized carbons (Fsp3) is 0.727. The van der Waals surface area contributed by atoms with Crippen molar-refractivity contribution in [3.8, 4) is 0 Å². The molecule has 31 heavy (non-hydrogen) atoms. The average Bonchev–Trinajstić information content (AvgIpc) is 2.71. The van der Waals surface area contributed by atoms with Crippen LogP contribution in [-0.4, -0.2) is 57.1 Å². The predicted molar refractivity (Wildman–Crippen MR) is 116 cm³/mol. The summed E-state index contributed by atoms with van der Waals surface area (Å²) in [6, 6.07) is 0. The molecule has 2 saturated heterocycles. The molecule has 2 aliphatic rings. The van der Waals surface area contributed by atoms with Crippen LogP contribution in [0.2, 0.25) is 0 Å². The zero-order valence-corrected chi connectivity index (χ0v) is 19.7. The summed E-state index contributed by atoms with van der Waals surface area (Å²) in [4.78, 5) is 23.8. The fourth-order valence-corrected chi connectivity index (χ4v) is 4.78. The number of allylic oxidation sites excluding steroid dienone is 3. The number of piperidine rings is 1. The number of nitrogens with zero attached hydrogens (tertiary/aromatic N) is 1. The zero-order valence-electron chi connectivity index (χ0n) is 18.9. The van der Waals surface area contributed by atoms with Gasteiger partial charge in [-0.05, 0) is 43.9 Å². The molecule has 2 atom stereocenters. The second-order valence-corrected chi connectivity index (χ2v) is 10.6. The molecule has 0 amide bonds. The highest BCUT2D eigenvalue weighted by Crippen LogP contribution is 2.33. The first-order chi connectivity index (χ1) is 14.5. The van der Waals surface area contributed by atoms with E-state index in [2.05, 4.69) is 0 Å². The van der Waals surface area contributed by atoms with E-state index in [1.54, 1.807) is 19.1 Å². The van der Waals surface area contributed by atoms with Crippen LogP contribution in [0.5, 0.6) is 0 Å². The molecule has 0 radical (unpaired) electrons. The van der Waals surface area contributed by atoms with Gasteiger partial charge in [0.2, 0.25) is 0 Å². The van der Waals surface area contributed by atoms with Crippen molar-refractivity contribution in [1.82, 2.24) is 4.31 Å². The van der Waals surface area contributed by atoms with E-state index in [-0.39, 0.29) is 30.5 Å². The molecule has 2 fully saturated rings. The number of carbonyl (C=O) groups is 2. The van der Waals surface area contributed by atoms with E-state index in [1.165, 1.54) is 10.4 Å². The largest absolute Gasteiger partial charge is 0.463 e. The Labute approximate surface area is 185 Å². The van der Waals surface area contributed by atoms with E-state index in [0.29, 0.717) is 38.9 Å². The van der Waals surface area contributed by atoms with E-state index in [4.69, 9.17) is 13.7 Å². The highest BCUT2D eigenvalue weighted by Gasteiger charge is 2.38. The Morgan fingerprint density at radius 1 is 1.13 bits per heavy atom. The molecule has 2 rings (SSSR count). The fourth-order valence-electron chi connectivity index (χ4n) is 3.68. The summed E-state index contributed by atoms with van der Waals surface area (Å²) < 4.78 is 41.9. The molecule has 2 unspecified atom stereocenters. The molecule has 0 aromatic heterocycles. The van der Waals surface area contributed by atoms with Crippen molar-refractivity contribution in [2.75, 3.05) is 26.3 Å². The molecular formula is C22H35NO7S. The molecule has 0 aromatic rings. The van der Waals surface area contributed by atoms with Gasteiger partial charge in [0.25, 0.3) is 0 Å². The van der Waals surface area contributed by atoms with Crippen molar-refractivity contribution in [2.45, 2.75) is 59.5 Å². The summed E-state index contributed by atoms with van der Waals surface area (Å²) in [6.07, 6.45) is 8.72. The van der Waals surface area contributed by atoms with Gasteiger partial charge in [0.1, 0.15) is 0 Å². The molecule has 8 nitrogen and oxygen atoms in total. The molecule has 0 bridgehead atoms. The molecule has 2 heterocycles. The van der Waals surface area contributed by atoms with Crippen LogP contribution < -0.4 is 0 Å². The van der Waals surface area contributed by atoms with Crippen LogP contribution in [0.15, 0.2) is 24.3 Å². The van der Waals surface area contributed by atoms with Crippen molar-refractivity contribution in [3.63, 3.8) is 0 Å². The van der Waals surface area contributed by atoms with Gasteiger partial charge in [-0.2, -0.15) is 12.7 Å². The summed E-state index contributed by atoms with van der Waals surface area (Å²) in [5.41, 5.74) is -0.126. The van der Waals surface area contributed by atoms with Gasteiger partial charge in [-0.15, -0.1) is 0 Å². The van der Waals surface area contributed by atoms with Crippen molar-refractivity contribution in [1.29, 1.82) is 0 Å². The third-order valence-corrected chi connectivity index (χ3v) is 6.97. The minimum Gasteiger partial charge on any atom is -0.463 e. The lowest BCUT2D eigenvalue weighted by Crippen LogP contribution is -2.43. The lowest BCUT2D eigenvalue weighted by molar-refractivity contribution is -0.147. The molecule has 0 aromatic carbocycles. The highest BCUT2D eigenvalue weighted by atomic mass is 32.2. The normalized spacial score (nSPS) is 24.5. The number of hydrogen-bond donors (Lipinski definition) is 0. The van der Waals surface area contributed by atoms with E-state index in [9.17, 15) is 18.0 Å². The third kappa shape index (κ3) is 8.05. The van der Waals surface area contributed by atoms with Gasteiger partial charge in [-0.1, -0.05) is 39.0 Å². The molecular weight excluding hydrogens is 422 g/mol. The molecule has 0 spiro atoms. The Morgan fingerprint density at radius 2 is 1.81 bits per heavy atom. The Morgan fingerprint density at radius 3 is 2.42 bits per heavy atom. The van der Waals surface area contributed by atoms with Crippen LogP contribution in [-0.2, 0) is 33.6 Å². The Bertz CT molecular complexity index is 774. The molecule has 0 aliphatic carbocycles. The molecule has 9 heteroatoms. The lowest BCUT2D eigenvalue weighted by Gasteiger charge is -2.36. The summed E-state index contributed by atoms with van der Waals surface area (Å²) in [7, 11) is -4.11. The minimum absolute atomic E-state index is 0.109. The van der Waals surface area contributed by atoms with Gasteiger partial charge in [0.05, 0.1) is 18.6 Å². The topological polar surface area (TPSA) is 99.2 Å². The van der Waals surface area contributed by atoms with Crippen LogP contribution in [0, 0.1) is 17.3 Å². The van der Waals surface area contributed by atoms with Crippen LogP contribution in [0.4, 0.5) is 0 Å². The molecule has 0 N–H and O–H groups in total. The van der Waals surface area contributed by atoms with E-state index < -0.39 is 28.2 Å². The zero-order chi connectivity index (χ0) is 23.1. The first kappa shape index (κ1) is 25.5. The Kier molecular flexibility index (Phi) is 9.27. The summed E-state index contributed by atoms with van der Waals surface area (Å²) in [6.45, 7) is 9.16. The Hall–Kier alpha value is -1.71. The highest BCUT2D eigenvalue weighted by molar-refractivity contribution is 7.84. The lowest BCUT2D eigenvalue weighted by atomic mass is 9.81. The SMILES string of the molecule is CCOC(=O)C=CC=CC1CCN(S(=O)(=O)OC(=O)C2CCOC(C(C)(C)C)C2)CC1. The van der Waals surface area contributed by atoms with Gasteiger partial charge < -0.3 is 13.7 Å². The van der Waals surface area contributed by atoms with Gasteiger partial charge in [-0.3, -0.25) is 4.79 Å². The van der Waals surface area contributed by atoms with E-state index in [1.807, 2.05) is 26.8 Å². The number of ether oxygens (including phenoxy) is 2. The first-order valence-corrected chi connectivity index (χ1v) is 12.3. The number of hydrogen-bond acceptors (Lipinski definition) is 7. The number of carbonyl (C=O) groups excluding carboxylic acids is 2. The monoisotopic (exact) mass is 457 g/mol. The minimum atomic E-state index is -4.11. The van der Waals surface area contributed by atoms with Gasteiger partial charge in [0.15, 0.2) is 0 Å². The van der Waals surface area contributed by atoms with Crippen molar-refractivity contribution < 1.29 is 31.7 Å². The second kappa shape index (κ2) is 11.2. The third-order valence-electron chi connectivity index (χ3n) is 5.60. The predicted octanol–water partition coefficient (Wildman–Crippen LogP) is 3.00. The van der Waals surface area contributed by atoms with Crippen molar-refractivity contribution in [3.05, 3.63) is 24.3 Å². The van der Waals surface area contributed by atoms with E-state index >= 15 is 0 Å². The van der Waals surface area contributed by atoms with Gasteiger partial charge in [-0.25, -0.2) is 4.79 Å². The van der Waals surface area contributed by atoms with Crippen molar-refractivity contribution in [2.24, 2.45) is 17.3 Å². The quantitative estimate of drug-likeness (QED) is 0.329. The standard InChI is InChI=1S/C22H35NO7S/c1-5-28-20(24)9-7-6-8-17-10-13-23(14-11-17)31(26,27)30-21(25)18-12-15-29-19(16-18)22(2,3)4/h6-9,17-19H,5,10-16H2,1-4H3. The maximum absolute atomic E-state index is 12.6.